The molecule has 0 aliphatic heterocycles. The minimum absolute atomic E-state index is 0.624. The van der Waals surface area contributed by atoms with Crippen molar-refractivity contribution < 1.29 is 0 Å². The van der Waals surface area contributed by atoms with Crippen LogP contribution < -0.4 is 0 Å². The number of thioether (sulfide) groups is 1. The third-order valence-electron chi connectivity index (χ3n) is 2.28. The van der Waals surface area contributed by atoms with Gasteiger partial charge in [0.15, 0.2) is 0 Å². The third kappa shape index (κ3) is 3.77. The highest BCUT2D eigenvalue weighted by atomic mass is 35.5. The standard InChI is InChI=1S/C12H14ClNS/c1-3-9(2)8-15-12-5-4-11(13)6-10(12)7-14/h4-6,9H,3,8H2,1-2H3. The Balaban J connectivity index is 2.73. The summed E-state index contributed by atoms with van der Waals surface area (Å²) >= 11 is 7.56. The van der Waals surface area contributed by atoms with Crippen LogP contribution in [-0.2, 0) is 0 Å². The van der Waals surface area contributed by atoms with Gasteiger partial charge in [-0.2, -0.15) is 5.26 Å². The molecule has 3 heteroatoms. The maximum absolute atomic E-state index is 8.94. The molecule has 0 radical (unpaired) electrons. The Bertz CT molecular complexity index is 370. The molecule has 0 aliphatic carbocycles. The van der Waals surface area contributed by atoms with Gasteiger partial charge >= 0.3 is 0 Å². The van der Waals surface area contributed by atoms with Crippen molar-refractivity contribution in [3.8, 4) is 6.07 Å². The van der Waals surface area contributed by atoms with Gasteiger partial charge in [-0.25, -0.2) is 0 Å². The van der Waals surface area contributed by atoms with Crippen LogP contribution >= 0.6 is 23.4 Å². The predicted molar refractivity (Wildman–Crippen MR) is 66.3 cm³/mol. The summed E-state index contributed by atoms with van der Waals surface area (Å²) in [5, 5.41) is 9.57. The van der Waals surface area contributed by atoms with Crippen molar-refractivity contribution in [1.29, 1.82) is 5.26 Å². The Morgan fingerprint density at radius 3 is 2.87 bits per heavy atom. The summed E-state index contributed by atoms with van der Waals surface area (Å²) in [6.07, 6.45) is 1.17. The first-order valence-electron chi connectivity index (χ1n) is 4.99. The predicted octanol–water partition coefficient (Wildman–Crippen LogP) is 4.35. The second-order valence-electron chi connectivity index (χ2n) is 3.58. The monoisotopic (exact) mass is 239 g/mol. The Morgan fingerprint density at radius 2 is 2.27 bits per heavy atom. The van der Waals surface area contributed by atoms with Crippen LogP contribution in [0, 0.1) is 17.2 Å². The van der Waals surface area contributed by atoms with Crippen molar-refractivity contribution in [3.63, 3.8) is 0 Å². The van der Waals surface area contributed by atoms with Gasteiger partial charge in [-0.05, 0) is 24.1 Å². The molecule has 1 rings (SSSR count). The third-order valence-corrected chi connectivity index (χ3v) is 3.92. The Morgan fingerprint density at radius 1 is 1.53 bits per heavy atom. The van der Waals surface area contributed by atoms with Crippen LogP contribution in [0.4, 0.5) is 0 Å². The number of hydrogen-bond donors (Lipinski definition) is 0. The van der Waals surface area contributed by atoms with Gasteiger partial charge < -0.3 is 0 Å². The quantitative estimate of drug-likeness (QED) is 0.730. The van der Waals surface area contributed by atoms with Crippen LogP contribution in [0.15, 0.2) is 23.1 Å². The number of halogens is 1. The molecule has 0 heterocycles. The van der Waals surface area contributed by atoms with Gasteiger partial charge in [0.05, 0.1) is 5.56 Å². The lowest BCUT2D eigenvalue weighted by Crippen LogP contribution is -1.95. The molecule has 0 spiro atoms. The van der Waals surface area contributed by atoms with Crippen LogP contribution in [0.5, 0.6) is 0 Å². The maximum Gasteiger partial charge on any atom is 0.100 e. The van der Waals surface area contributed by atoms with E-state index in [1.807, 2.05) is 12.1 Å². The van der Waals surface area contributed by atoms with E-state index in [4.69, 9.17) is 16.9 Å². The average molecular weight is 240 g/mol. The highest BCUT2D eigenvalue weighted by molar-refractivity contribution is 7.99. The molecule has 0 saturated carbocycles. The molecule has 1 unspecified atom stereocenters. The van der Waals surface area contributed by atoms with E-state index in [2.05, 4.69) is 19.9 Å². The summed E-state index contributed by atoms with van der Waals surface area (Å²) in [4.78, 5) is 1.03. The zero-order valence-electron chi connectivity index (χ0n) is 8.96. The molecule has 0 amide bonds. The SMILES string of the molecule is CCC(C)CSc1ccc(Cl)cc1C#N. The minimum atomic E-state index is 0.624. The van der Waals surface area contributed by atoms with Gasteiger partial charge in [-0.15, -0.1) is 11.8 Å². The molecule has 0 N–H and O–H groups in total. The van der Waals surface area contributed by atoms with E-state index in [9.17, 15) is 0 Å². The van der Waals surface area contributed by atoms with Gasteiger partial charge in [0.25, 0.3) is 0 Å². The fourth-order valence-corrected chi connectivity index (χ4v) is 2.36. The Labute approximate surface area is 100 Å². The lowest BCUT2D eigenvalue weighted by molar-refractivity contribution is 0.637. The molecule has 80 valence electrons. The van der Waals surface area contributed by atoms with Crippen molar-refractivity contribution in [2.75, 3.05) is 5.75 Å². The Kier molecular flexibility index (Phi) is 5.01. The first kappa shape index (κ1) is 12.4. The number of benzene rings is 1. The zero-order chi connectivity index (χ0) is 11.3. The van der Waals surface area contributed by atoms with Gasteiger partial charge in [-0.3, -0.25) is 0 Å². The first-order chi connectivity index (χ1) is 7.17. The fraction of sp³-hybridized carbons (Fsp3) is 0.417. The summed E-state index contributed by atoms with van der Waals surface area (Å²) in [6, 6.07) is 7.65. The van der Waals surface area contributed by atoms with Crippen molar-refractivity contribution in [1.82, 2.24) is 0 Å². The van der Waals surface area contributed by atoms with Crippen molar-refractivity contribution in [2.45, 2.75) is 25.2 Å². The number of rotatable bonds is 4. The lowest BCUT2D eigenvalue weighted by Gasteiger charge is -2.08. The molecule has 0 fully saturated rings. The minimum Gasteiger partial charge on any atom is -0.192 e. The highest BCUT2D eigenvalue weighted by Gasteiger charge is 2.05. The molecule has 1 aromatic rings. The second-order valence-corrected chi connectivity index (χ2v) is 5.07. The van der Waals surface area contributed by atoms with Crippen molar-refractivity contribution in [2.24, 2.45) is 5.92 Å². The van der Waals surface area contributed by atoms with Crippen LogP contribution in [0.3, 0.4) is 0 Å². The van der Waals surface area contributed by atoms with E-state index in [-0.39, 0.29) is 0 Å². The smallest absolute Gasteiger partial charge is 0.100 e. The van der Waals surface area contributed by atoms with E-state index < -0.39 is 0 Å². The largest absolute Gasteiger partial charge is 0.192 e. The van der Waals surface area contributed by atoms with Crippen LogP contribution in [0.2, 0.25) is 5.02 Å². The summed E-state index contributed by atoms with van der Waals surface area (Å²) in [5.74, 6) is 1.73. The molecule has 1 nitrogen and oxygen atoms in total. The molecule has 1 atom stereocenters. The van der Waals surface area contributed by atoms with Gasteiger partial charge in [-0.1, -0.05) is 31.9 Å². The molecular weight excluding hydrogens is 226 g/mol. The molecule has 0 aromatic heterocycles. The molecular formula is C12H14ClNS. The summed E-state index contributed by atoms with van der Waals surface area (Å²) in [7, 11) is 0. The summed E-state index contributed by atoms with van der Waals surface area (Å²) in [6.45, 7) is 4.40. The van der Waals surface area contributed by atoms with Gasteiger partial charge in [0.2, 0.25) is 0 Å². The fourth-order valence-electron chi connectivity index (χ4n) is 1.07. The normalized spacial score (nSPS) is 12.1. The van der Waals surface area contributed by atoms with E-state index >= 15 is 0 Å². The molecule has 0 saturated heterocycles. The number of hydrogen-bond acceptors (Lipinski definition) is 2. The molecule has 1 aromatic carbocycles. The average Bonchev–Trinajstić information content (AvgIpc) is 2.26. The van der Waals surface area contributed by atoms with E-state index in [1.165, 1.54) is 6.42 Å². The summed E-state index contributed by atoms with van der Waals surface area (Å²) in [5.41, 5.74) is 0.677. The molecule has 0 aliphatic rings. The summed E-state index contributed by atoms with van der Waals surface area (Å²) < 4.78 is 0. The van der Waals surface area contributed by atoms with E-state index in [0.717, 1.165) is 10.6 Å². The lowest BCUT2D eigenvalue weighted by atomic mass is 10.2. The number of nitrogens with zero attached hydrogens (tertiary/aromatic N) is 1. The van der Waals surface area contributed by atoms with Crippen LogP contribution in [-0.4, -0.2) is 5.75 Å². The molecule has 0 bridgehead atoms. The topological polar surface area (TPSA) is 23.8 Å². The van der Waals surface area contributed by atoms with Crippen molar-refractivity contribution >= 4 is 23.4 Å². The molecule has 15 heavy (non-hydrogen) atoms. The van der Waals surface area contributed by atoms with Crippen LogP contribution in [0.1, 0.15) is 25.8 Å². The zero-order valence-corrected chi connectivity index (χ0v) is 10.5. The van der Waals surface area contributed by atoms with Crippen LogP contribution in [0.25, 0.3) is 0 Å². The maximum atomic E-state index is 8.94. The first-order valence-corrected chi connectivity index (χ1v) is 6.36. The second kappa shape index (κ2) is 6.05. The van der Waals surface area contributed by atoms with E-state index in [1.54, 1.807) is 17.8 Å². The highest BCUT2D eigenvalue weighted by Crippen LogP contribution is 2.27. The Hall–Kier alpha value is -0.650. The van der Waals surface area contributed by atoms with Gasteiger partial charge in [0, 0.05) is 15.7 Å². The number of nitriles is 1. The van der Waals surface area contributed by atoms with Gasteiger partial charge in [0.1, 0.15) is 6.07 Å². The van der Waals surface area contributed by atoms with E-state index in [0.29, 0.717) is 16.5 Å². The van der Waals surface area contributed by atoms with Crippen molar-refractivity contribution in [3.05, 3.63) is 28.8 Å².